The lowest BCUT2D eigenvalue weighted by molar-refractivity contribution is -0.384. The molecular weight excluding hydrogens is 274 g/mol. The zero-order valence-corrected chi connectivity index (χ0v) is 11.5. The van der Waals surface area contributed by atoms with Gasteiger partial charge in [-0.05, 0) is 6.92 Å². The molecule has 1 aliphatic rings. The predicted octanol–water partition coefficient (Wildman–Crippen LogP) is 1.59. The third kappa shape index (κ3) is 2.68. The van der Waals surface area contributed by atoms with Crippen molar-refractivity contribution in [2.45, 2.75) is 12.6 Å². The predicted molar refractivity (Wildman–Crippen MR) is 76.9 cm³/mol. The largest absolute Gasteiger partial charge is 0.369 e. The number of carbonyl (C=O) groups excluding carboxylic acids is 1. The Hall–Kier alpha value is -2.54. The molecule has 1 heterocycles. The van der Waals surface area contributed by atoms with Gasteiger partial charge in [-0.15, -0.1) is 6.58 Å². The number of hydrogen-bond donors (Lipinski definition) is 1. The second-order valence-corrected chi connectivity index (χ2v) is 4.88. The molecule has 1 aromatic rings. The first-order valence-electron chi connectivity index (χ1n) is 6.31. The summed E-state index contributed by atoms with van der Waals surface area (Å²) in [6.45, 7) is 5.33. The molecule has 0 fully saturated rings. The lowest BCUT2D eigenvalue weighted by Crippen LogP contribution is -2.48. The Balaban J connectivity index is 2.29. The number of benzene rings is 1. The van der Waals surface area contributed by atoms with Gasteiger partial charge in [0.15, 0.2) is 11.5 Å². The van der Waals surface area contributed by atoms with Crippen LogP contribution in [0.1, 0.15) is 17.3 Å². The van der Waals surface area contributed by atoms with Crippen LogP contribution in [0.2, 0.25) is 0 Å². The van der Waals surface area contributed by atoms with Crippen LogP contribution in [-0.2, 0) is 0 Å². The van der Waals surface area contributed by atoms with Gasteiger partial charge in [0, 0.05) is 23.9 Å². The Morgan fingerprint density at radius 2 is 2.38 bits per heavy atom. The molecule has 0 saturated heterocycles. The van der Waals surface area contributed by atoms with Gasteiger partial charge in [-0.2, -0.15) is 5.10 Å². The standard InChI is InChI=1S/C14H15N3O4/c1-3-7-16-14(2,19)12(9-15-16)13(18)10-5-4-6-11(8-10)17(20)21/h3-6,8-9,12,19H,1,7H2,2H3. The number of hydrogen-bond acceptors (Lipinski definition) is 6. The summed E-state index contributed by atoms with van der Waals surface area (Å²) in [5.41, 5.74) is -1.49. The zero-order valence-electron chi connectivity index (χ0n) is 11.5. The zero-order chi connectivity index (χ0) is 15.6. The van der Waals surface area contributed by atoms with Gasteiger partial charge >= 0.3 is 0 Å². The van der Waals surface area contributed by atoms with Crippen molar-refractivity contribution in [1.82, 2.24) is 5.01 Å². The van der Waals surface area contributed by atoms with Crippen molar-refractivity contribution in [1.29, 1.82) is 0 Å². The number of Topliss-reactive ketones (excluding diaryl/α,β-unsaturated/α-hetero) is 1. The Bertz CT molecular complexity index is 624. The molecular formula is C14H15N3O4. The van der Waals surface area contributed by atoms with E-state index in [-0.39, 0.29) is 11.3 Å². The number of aliphatic hydroxyl groups is 1. The Labute approximate surface area is 121 Å². The molecule has 0 aliphatic carbocycles. The van der Waals surface area contributed by atoms with Crippen molar-refractivity contribution in [2.24, 2.45) is 11.0 Å². The summed E-state index contributed by atoms with van der Waals surface area (Å²) in [6.07, 6.45) is 2.91. The number of carbonyl (C=O) groups is 1. The van der Waals surface area contributed by atoms with Crippen LogP contribution in [0.25, 0.3) is 0 Å². The van der Waals surface area contributed by atoms with Crippen LogP contribution in [0.15, 0.2) is 42.0 Å². The highest BCUT2D eigenvalue weighted by Gasteiger charge is 2.45. The number of nitrogens with zero attached hydrogens (tertiary/aromatic N) is 3. The van der Waals surface area contributed by atoms with E-state index < -0.39 is 22.3 Å². The van der Waals surface area contributed by atoms with Crippen molar-refractivity contribution in [3.63, 3.8) is 0 Å². The van der Waals surface area contributed by atoms with Gasteiger partial charge in [0.1, 0.15) is 5.92 Å². The van der Waals surface area contributed by atoms with E-state index in [9.17, 15) is 20.0 Å². The lowest BCUT2D eigenvalue weighted by Gasteiger charge is -2.32. The molecule has 110 valence electrons. The van der Waals surface area contributed by atoms with Gasteiger partial charge in [0.05, 0.1) is 11.5 Å². The Morgan fingerprint density at radius 3 is 3.00 bits per heavy atom. The Morgan fingerprint density at radius 1 is 1.67 bits per heavy atom. The fourth-order valence-electron chi connectivity index (χ4n) is 2.19. The van der Waals surface area contributed by atoms with Gasteiger partial charge in [-0.3, -0.25) is 19.9 Å². The van der Waals surface area contributed by atoms with Crippen molar-refractivity contribution in [3.8, 4) is 0 Å². The summed E-state index contributed by atoms with van der Waals surface area (Å²) in [5, 5.41) is 26.6. The van der Waals surface area contributed by atoms with Crippen molar-refractivity contribution in [2.75, 3.05) is 6.54 Å². The van der Waals surface area contributed by atoms with Crippen LogP contribution in [-0.4, -0.2) is 39.3 Å². The van der Waals surface area contributed by atoms with Gasteiger partial charge in [-0.25, -0.2) is 0 Å². The third-order valence-corrected chi connectivity index (χ3v) is 3.39. The SMILES string of the molecule is C=CCN1N=CC(C(=O)c2cccc([N+](=O)[O-])c2)C1(C)O. The maximum atomic E-state index is 12.5. The average Bonchev–Trinajstić information content (AvgIpc) is 2.74. The quantitative estimate of drug-likeness (QED) is 0.384. The number of nitro groups is 1. The molecule has 7 heteroatoms. The highest BCUT2D eigenvalue weighted by atomic mass is 16.6. The molecule has 7 nitrogen and oxygen atoms in total. The number of nitro benzene ring substituents is 1. The molecule has 2 rings (SSSR count). The smallest absolute Gasteiger partial charge is 0.270 e. The van der Waals surface area contributed by atoms with Crippen LogP contribution < -0.4 is 0 Å². The van der Waals surface area contributed by atoms with E-state index >= 15 is 0 Å². The van der Waals surface area contributed by atoms with Gasteiger partial charge in [-0.1, -0.05) is 18.2 Å². The summed E-state index contributed by atoms with van der Waals surface area (Å²) < 4.78 is 0. The number of non-ortho nitro benzene ring substituents is 1. The van der Waals surface area contributed by atoms with Gasteiger partial charge in [0.25, 0.3) is 5.69 Å². The molecule has 0 radical (unpaired) electrons. The fourth-order valence-corrected chi connectivity index (χ4v) is 2.19. The van der Waals surface area contributed by atoms with Gasteiger partial charge < -0.3 is 5.11 Å². The van der Waals surface area contributed by atoms with E-state index in [4.69, 9.17) is 0 Å². The molecule has 0 saturated carbocycles. The Kier molecular flexibility index (Phi) is 3.86. The monoisotopic (exact) mass is 289 g/mol. The number of rotatable bonds is 5. The summed E-state index contributed by atoms with van der Waals surface area (Å²) in [4.78, 5) is 22.7. The molecule has 21 heavy (non-hydrogen) atoms. The highest BCUT2D eigenvalue weighted by molar-refractivity contribution is 6.07. The molecule has 0 spiro atoms. The van der Waals surface area contributed by atoms with E-state index in [1.165, 1.54) is 42.4 Å². The first kappa shape index (κ1) is 14.9. The molecule has 0 aromatic heterocycles. The molecule has 2 atom stereocenters. The summed E-state index contributed by atoms with van der Waals surface area (Å²) >= 11 is 0. The van der Waals surface area contributed by atoms with Crippen molar-refractivity contribution >= 4 is 17.7 Å². The maximum absolute atomic E-state index is 12.5. The van der Waals surface area contributed by atoms with Crippen molar-refractivity contribution in [3.05, 3.63) is 52.6 Å². The van der Waals surface area contributed by atoms with E-state index in [1.54, 1.807) is 6.08 Å². The molecule has 1 aromatic carbocycles. The minimum atomic E-state index is -1.49. The van der Waals surface area contributed by atoms with Crippen LogP contribution in [0.5, 0.6) is 0 Å². The normalized spacial score (nSPS) is 24.1. The first-order valence-corrected chi connectivity index (χ1v) is 6.31. The molecule has 0 bridgehead atoms. The van der Waals surface area contributed by atoms with E-state index in [1.807, 2.05) is 0 Å². The number of hydrazone groups is 1. The topological polar surface area (TPSA) is 96.0 Å². The van der Waals surface area contributed by atoms with Crippen LogP contribution in [0.3, 0.4) is 0 Å². The molecule has 1 N–H and O–H groups in total. The minimum absolute atomic E-state index is 0.168. The highest BCUT2D eigenvalue weighted by Crippen LogP contribution is 2.30. The second-order valence-electron chi connectivity index (χ2n) is 4.88. The average molecular weight is 289 g/mol. The molecule has 0 amide bonds. The fraction of sp³-hybridized carbons (Fsp3) is 0.286. The van der Waals surface area contributed by atoms with E-state index in [2.05, 4.69) is 11.7 Å². The van der Waals surface area contributed by atoms with Crippen molar-refractivity contribution < 1.29 is 14.8 Å². The molecule has 1 aliphatic heterocycles. The minimum Gasteiger partial charge on any atom is -0.369 e. The van der Waals surface area contributed by atoms with E-state index in [0.29, 0.717) is 6.54 Å². The third-order valence-electron chi connectivity index (χ3n) is 3.39. The first-order chi connectivity index (χ1) is 9.87. The number of ketones is 1. The second kappa shape index (κ2) is 5.45. The molecule has 2 unspecified atom stereocenters. The van der Waals surface area contributed by atoms with Crippen LogP contribution in [0, 0.1) is 16.0 Å². The maximum Gasteiger partial charge on any atom is 0.270 e. The van der Waals surface area contributed by atoms with Crippen LogP contribution >= 0.6 is 0 Å². The summed E-state index contributed by atoms with van der Waals surface area (Å²) in [5.74, 6) is -1.31. The van der Waals surface area contributed by atoms with Gasteiger partial charge in [0.2, 0.25) is 0 Å². The lowest BCUT2D eigenvalue weighted by atomic mass is 9.90. The van der Waals surface area contributed by atoms with Crippen LogP contribution in [0.4, 0.5) is 5.69 Å². The van der Waals surface area contributed by atoms with E-state index in [0.717, 1.165) is 0 Å². The summed E-state index contributed by atoms with van der Waals surface area (Å²) in [7, 11) is 0. The summed E-state index contributed by atoms with van der Waals surface area (Å²) in [6, 6.07) is 5.42.